The number of amides is 1. The van der Waals surface area contributed by atoms with Crippen molar-refractivity contribution < 1.29 is 13.7 Å². The molecule has 1 amide bonds. The van der Waals surface area contributed by atoms with Gasteiger partial charge in [0.1, 0.15) is 5.76 Å². The smallest absolute Gasteiger partial charge is 0.240 e. The molecule has 0 radical (unpaired) electrons. The number of nitrogens with one attached hydrogen (secondary N) is 1. The average molecular weight is 290 g/mol. The highest BCUT2D eigenvalue weighted by molar-refractivity contribution is 5.77. The van der Waals surface area contributed by atoms with Gasteiger partial charge in [-0.3, -0.25) is 9.69 Å². The third-order valence-corrected chi connectivity index (χ3v) is 3.58. The molecule has 7 nitrogen and oxygen atoms in total. The molecule has 0 aromatic carbocycles. The van der Waals surface area contributed by atoms with Crippen LogP contribution in [0.4, 0.5) is 0 Å². The van der Waals surface area contributed by atoms with Gasteiger partial charge in [-0.15, -0.1) is 0 Å². The van der Waals surface area contributed by atoms with Crippen molar-refractivity contribution in [1.29, 1.82) is 0 Å². The van der Waals surface area contributed by atoms with Crippen molar-refractivity contribution in [1.82, 2.24) is 20.4 Å². The fraction of sp³-hybridized carbons (Fsp3) is 0.500. The van der Waals surface area contributed by atoms with Gasteiger partial charge in [-0.05, 0) is 19.0 Å². The summed E-state index contributed by atoms with van der Waals surface area (Å²) in [5.41, 5.74) is 1.22. The first-order chi connectivity index (χ1) is 10.2. The molecule has 7 heteroatoms. The van der Waals surface area contributed by atoms with Crippen LogP contribution in [0.3, 0.4) is 0 Å². The van der Waals surface area contributed by atoms with Crippen LogP contribution in [0.5, 0.6) is 0 Å². The second-order valence-electron chi connectivity index (χ2n) is 5.14. The van der Waals surface area contributed by atoms with E-state index in [0.29, 0.717) is 18.3 Å². The molecule has 0 aliphatic carbocycles. The summed E-state index contributed by atoms with van der Waals surface area (Å²) in [5.74, 6) is 1.91. The Morgan fingerprint density at radius 3 is 3.29 bits per heavy atom. The lowest BCUT2D eigenvalue weighted by molar-refractivity contribution is -0.120. The van der Waals surface area contributed by atoms with E-state index in [2.05, 4.69) is 20.4 Å². The highest BCUT2D eigenvalue weighted by Crippen LogP contribution is 2.20. The van der Waals surface area contributed by atoms with Crippen LogP contribution in [0, 0.1) is 0 Å². The van der Waals surface area contributed by atoms with Crippen molar-refractivity contribution >= 4 is 5.91 Å². The molecule has 2 aromatic rings. The number of carbonyl (C=O) groups excluding carboxylic acids is 1. The molecule has 0 fully saturated rings. The molecule has 0 saturated heterocycles. The highest BCUT2D eigenvalue weighted by atomic mass is 16.5. The first-order valence-electron chi connectivity index (χ1n) is 7.04. The number of furan rings is 1. The molecular weight excluding hydrogens is 272 g/mol. The first kappa shape index (κ1) is 13.8. The van der Waals surface area contributed by atoms with Crippen molar-refractivity contribution in [2.75, 3.05) is 13.6 Å². The number of aromatic nitrogens is 2. The van der Waals surface area contributed by atoms with Gasteiger partial charge < -0.3 is 14.3 Å². The standard InChI is InChI=1S/C14H18N4O3/c1-15-13(19)7-12-16-14(21-17-12)9-18-5-2-3-11-10(8-18)4-6-20-11/h4,6H,2-3,5,7-9H2,1H3,(H,15,19). The molecule has 0 bridgehead atoms. The fourth-order valence-electron chi connectivity index (χ4n) is 2.49. The topological polar surface area (TPSA) is 84.4 Å². The summed E-state index contributed by atoms with van der Waals surface area (Å²) in [6, 6.07) is 2.01. The van der Waals surface area contributed by atoms with Gasteiger partial charge in [0.25, 0.3) is 0 Å². The zero-order valence-corrected chi connectivity index (χ0v) is 12.0. The summed E-state index contributed by atoms with van der Waals surface area (Å²) in [6.45, 7) is 2.36. The Bertz CT molecular complexity index is 619. The van der Waals surface area contributed by atoms with Crippen molar-refractivity contribution in [2.24, 2.45) is 0 Å². The maximum atomic E-state index is 11.3. The Labute approximate surface area is 122 Å². The SMILES string of the molecule is CNC(=O)Cc1noc(CN2CCCc3occc3C2)n1. The quantitative estimate of drug-likeness (QED) is 0.900. The van der Waals surface area contributed by atoms with Gasteiger partial charge in [0.15, 0.2) is 5.82 Å². The van der Waals surface area contributed by atoms with E-state index in [1.165, 1.54) is 5.56 Å². The highest BCUT2D eigenvalue weighted by Gasteiger charge is 2.19. The zero-order valence-electron chi connectivity index (χ0n) is 12.0. The maximum absolute atomic E-state index is 11.3. The van der Waals surface area contributed by atoms with E-state index in [1.54, 1.807) is 13.3 Å². The van der Waals surface area contributed by atoms with Gasteiger partial charge in [-0.1, -0.05) is 5.16 Å². The summed E-state index contributed by atoms with van der Waals surface area (Å²) in [5, 5.41) is 6.37. The van der Waals surface area contributed by atoms with Crippen molar-refractivity contribution in [3.05, 3.63) is 35.4 Å². The summed E-state index contributed by atoms with van der Waals surface area (Å²) in [6.07, 6.45) is 3.89. The van der Waals surface area contributed by atoms with Crippen LogP contribution in [-0.2, 0) is 30.7 Å². The predicted octanol–water partition coefficient (Wildman–Crippen LogP) is 0.899. The van der Waals surface area contributed by atoms with Gasteiger partial charge in [-0.2, -0.15) is 4.98 Å². The lowest BCUT2D eigenvalue weighted by atomic mass is 10.2. The lowest BCUT2D eigenvalue weighted by Gasteiger charge is -2.16. The third-order valence-electron chi connectivity index (χ3n) is 3.58. The molecule has 1 N–H and O–H groups in total. The molecule has 1 aliphatic rings. The summed E-state index contributed by atoms with van der Waals surface area (Å²) < 4.78 is 10.7. The largest absolute Gasteiger partial charge is 0.469 e. The Balaban J connectivity index is 1.63. The van der Waals surface area contributed by atoms with Crippen molar-refractivity contribution in [2.45, 2.75) is 32.4 Å². The number of nitrogens with zero attached hydrogens (tertiary/aromatic N) is 3. The molecule has 3 rings (SSSR count). The normalized spacial score (nSPS) is 15.5. The Morgan fingerprint density at radius 1 is 1.52 bits per heavy atom. The molecule has 0 unspecified atom stereocenters. The molecular formula is C14H18N4O3. The van der Waals surface area contributed by atoms with Crippen LogP contribution in [0.15, 0.2) is 21.3 Å². The Hall–Kier alpha value is -2.15. The maximum Gasteiger partial charge on any atom is 0.240 e. The van der Waals surface area contributed by atoms with Gasteiger partial charge in [0.2, 0.25) is 11.8 Å². The van der Waals surface area contributed by atoms with Crippen LogP contribution < -0.4 is 5.32 Å². The summed E-state index contributed by atoms with van der Waals surface area (Å²) >= 11 is 0. The van der Waals surface area contributed by atoms with Crippen molar-refractivity contribution in [3.8, 4) is 0 Å². The number of aryl methyl sites for hydroxylation is 1. The Kier molecular flexibility index (Phi) is 4.01. The van der Waals surface area contributed by atoms with Gasteiger partial charge in [0.05, 0.1) is 19.2 Å². The molecule has 0 saturated carbocycles. The second kappa shape index (κ2) is 6.09. The number of hydrogen-bond acceptors (Lipinski definition) is 6. The van der Waals surface area contributed by atoms with E-state index in [0.717, 1.165) is 31.7 Å². The molecule has 3 heterocycles. The minimum atomic E-state index is -0.125. The molecule has 1 aliphatic heterocycles. The van der Waals surface area contributed by atoms with E-state index in [4.69, 9.17) is 8.94 Å². The number of rotatable bonds is 4. The molecule has 21 heavy (non-hydrogen) atoms. The number of hydrogen-bond donors (Lipinski definition) is 1. The number of likely N-dealkylation sites (N-methyl/N-ethyl adjacent to an activating group) is 1. The number of carbonyl (C=O) groups is 1. The molecule has 2 aromatic heterocycles. The Morgan fingerprint density at radius 2 is 2.43 bits per heavy atom. The van der Waals surface area contributed by atoms with E-state index < -0.39 is 0 Å². The van der Waals surface area contributed by atoms with E-state index in [9.17, 15) is 4.79 Å². The van der Waals surface area contributed by atoms with E-state index >= 15 is 0 Å². The van der Waals surface area contributed by atoms with Crippen LogP contribution in [0.2, 0.25) is 0 Å². The van der Waals surface area contributed by atoms with Crippen LogP contribution in [0.25, 0.3) is 0 Å². The summed E-state index contributed by atoms with van der Waals surface area (Å²) in [4.78, 5) is 17.8. The van der Waals surface area contributed by atoms with E-state index in [1.807, 2.05) is 6.07 Å². The fourth-order valence-corrected chi connectivity index (χ4v) is 2.49. The van der Waals surface area contributed by atoms with Gasteiger partial charge >= 0.3 is 0 Å². The predicted molar refractivity (Wildman–Crippen MR) is 73.2 cm³/mol. The number of fused-ring (bicyclic) bond motifs is 1. The van der Waals surface area contributed by atoms with Crippen LogP contribution >= 0.6 is 0 Å². The van der Waals surface area contributed by atoms with Crippen molar-refractivity contribution in [3.63, 3.8) is 0 Å². The minimum Gasteiger partial charge on any atom is -0.469 e. The monoisotopic (exact) mass is 290 g/mol. The molecule has 112 valence electrons. The molecule has 0 atom stereocenters. The zero-order chi connectivity index (χ0) is 14.7. The lowest BCUT2D eigenvalue weighted by Crippen LogP contribution is -2.23. The third kappa shape index (κ3) is 3.30. The van der Waals surface area contributed by atoms with E-state index in [-0.39, 0.29) is 12.3 Å². The van der Waals surface area contributed by atoms with Crippen LogP contribution in [0.1, 0.15) is 29.5 Å². The second-order valence-corrected chi connectivity index (χ2v) is 5.14. The summed E-state index contributed by atoms with van der Waals surface area (Å²) in [7, 11) is 1.59. The molecule has 0 spiro atoms. The average Bonchev–Trinajstić information content (AvgIpc) is 3.05. The van der Waals surface area contributed by atoms with Gasteiger partial charge in [0, 0.05) is 25.6 Å². The minimum absolute atomic E-state index is 0.125. The first-order valence-corrected chi connectivity index (χ1v) is 7.04. The van der Waals surface area contributed by atoms with Crippen LogP contribution in [-0.4, -0.2) is 34.5 Å². The van der Waals surface area contributed by atoms with Gasteiger partial charge in [-0.25, -0.2) is 0 Å².